The van der Waals surface area contributed by atoms with E-state index in [-0.39, 0.29) is 6.61 Å². The molecular weight excluding hydrogens is 450 g/mol. The van der Waals surface area contributed by atoms with Crippen molar-refractivity contribution in [2.75, 3.05) is 6.61 Å². The highest BCUT2D eigenvalue weighted by Crippen LogP contribution is 2.36. The van der Waals surface area contributed by atoms with E-state index < -0.39 is 5.97 Å². The zero-order valence-corrected chi connectivity index (χ0v) is 20.1. The van der Waals surface area contributed by atoms with E-state index >= 15 is 0 Å². The van der Waals surface area contributed by atoms with E-state index in [1.807, 2.05) is 54.6 Å². The van der Waals surface area contributed by atoms with Crippen LogP contribution in [0.4, 0.5) is 0 Å². The largest absolute Gasteiger partial charge is 0.489 e. The fraction of sp³-hybridized carbons (Fsp3) is 0.129. The van der Waals surface area contributed by atoms with Crippen molar-refractivity contribution in [2.24, 2.45) is 0 Å². The second kappa shape index (κ2) is 10.4. The summed E-state index contributed by atoms with van der Waals surface area (Å²) >= 11 is 0. The summed E-state index contributed by atoms with van der Waals surface area (Å²) in [6.07, 6.45) is 0. The zero-order chi connectivity index (χ0) is 24.9. The maximum Gasteiger partial charge on any atom is 0.341 e. The van der Waals surface area contributed by atoms with Crippen LogP contribution in [0.3, 0.4) is 0 Å². The Morgan fingerprint density at radius 2 is 1.44 bits per heavy atom. The maximum absolute atomic E-state index is 10.8. The average molecular weight is 478 g/mol. The Balaban J connectivity index is 1.49. The molecule has 180 valence electrons. The summed E-state index contributed by atoms with van der Waals surface area (Å²) < 4.78 is 13.7. The predicted molar refractivity (Wildman–Crippen MR) is 142 cm³/mol. The summed E-state index contributed by atoms with van der Waals surface area (Å²) in [5.41, 5.74) is 6.87. The van der Waals surface area contributed by atoms with Crippen LogP contribution < -0.4 is 9.47 Å². The molecule has 0 radical (unpaired) electrons. The quantitative estimate of drug-likeness (QED) is 0.256. The van der Waals surface area contributed by atoms with Crippen molar-refractivity contribution in [3.63, 3.8) is 0 Å². The van der Waals surface area contributed by atoms with Crippen LogP contribution in [-0.2, 0) is 17.9 Å². The number of rotatable bonds is 9. The van der Waals surface area contributed by atoms with Gasteiger partial charge in [-0.3, -0.25) is 0 Å². The fourth-order valence-corrected chi connectivity index (χ4v) is 4.48. The number of aliphatic carboxylic acids is 1. The molecule has 5 heteroatoms. The Bertz CT molecular complexity index is 1470. The Kier molecular flexibility index (Phi) is 6.72. The van der Waals surface area contributed by atoms with Crippen molar-refractivity contribution in [2.45, 2.75) is 20.1 Å². The first-order valence-electron chi connectivity index (χ1n) is 11.9. The number of carboxylic acids is 1. The van der Waals surface area contributed by atoms with E-state index in [4.69, 9.17) is 14.6 Å². The highest BCUT2D eigenvalue weighted by Gasteiger charge is 2.17. The van der Waals surface area contributed by atoms with Crippen LogP contribution in [0.5, 0.6) is 11.5 Å². The molecule has 0 spiro atoms. The van der Waals surface area contributed by atoms with Crippen LogP contribution in [0.25, 0.3) is 22.2 Å². The van der Waals surface area contributed by atoms with Gasteiger partial charge in [0.15, 0.2) is 6.61 Å². The van der Waals surface area contributed by atoms with Gasteiger partial charge in [0.05, 0.1) is 5.69 Å². The first-order valence-corrected chi connectivity index (χ1v) is 11.9. The van der Waals surface area contributed by atoms with Crippen molar-refractivity contribution in [1.29, 1.82) is 0 Å². The number of fused-ring (bicyclic) bond motifs is 1. The van der Waals surface area contributed by atoms with Gasteiger partial charge in [0.1, 0.15) is 18.1 Å². The molecule has 0 unspecified atom stereocenters. The number of nitrogens with zero attached hydrogens (tertiary/aromatic N) is 1. The molecule has 1 heterocycles. The highest BCUT2D eigenvalue weighted by molar-refractivity contribution is 5.92. The molecule has 5 aromatic rings. The molecule has 0 aliphatic carbocycles. The number of carbonyl (C=O) groups is 1. The second-order valence-electron chi connectivity index (χ2n) is 8.71. The third-order valence-corrected chi connectivity index (χ3v) is 6.21. The molecule has 0 bridgehead atoms. The van der Waals surface area contributed by atoms with Gasteiger partial charge in [0.2, 0.25) is 0 Å². The number of aromatic nitrogens is 1. The molecule has 0 atom stereocenters. The number of benzene rings is 4. The molecular formula is C31H27NO4. The topological polar surface area (TPSA) is 60.7 Å². The van der Waals surface area contributed by atoms with E-state index in [1.54, 1.807) is 0 Å². The molecule has 4 aromatic carbocycles. The molecule has 0 aliphatic heterocycles. The Hall–Kier alpha value is -4.51. The van der Waals surface area contributed by atoms with Crippen LogP contribution in [0, 0.1) is 6.92 Å². The van der Waals surface area contributed by atoms with Gasteiger partial charge in [-0.05, 0) is 59.5 Å². The molecule has 0 amide bonds. The summed E-state index contributed by atoms with van der Waals surface area (Å²) in [6.45, 7) is 2.99. The number of ether oxygens (including phenoxy) is 2. The highest BCUT2D eigenvalue weighted by atomic mass is 16.5. The third kappa shape index (κ3) is 5.10. The van der Waals surface area contributed by atoms with E-state index in [0.717, 1.165) is 39.0 Å². The van der Waals surface area contributed by atoms with Gasteiger partial charge in [-0.25, -0.2) is 4.79 Å². The average Bonchev–Trinajstić information content (AvgIpc) is 3.18. The Labute approximate surface area is 210 Å². The first-order chi connectivity index (χ1) is 17.6. The Morgan fingerprint density at radius 3 is 2.14 bits per heavy atom. The van der Waals surface area contributed by atoms with Crippen LogP contribution in [0.15, 0.2) is 103 Å². The van der Waals surface area contributed by atoms with E-state index in [9.17, 15) is 4.79 Å². The standard InChI is InChI=1S/C31H27NO4/c1-22-28-18-27(35-20-24-8-4-2-5-9-24)16-17-29(28)32(31(22)25-10-6-3-7-11-25)19-23-12-14-26(15-13-23)36-21-30(33)34/h2-18H,19-21H2,1H3,(H,33,34). The van der Waals surface area contributed by atoms with Gasteiger partial charge < -0.3 is 19.1 Å². The monoisotopic (exact) mass is 477 g/mol. The summed E-state index contributed by atoms with van der Waals surface area (Å²) in [6, 6.07) is 34.4. The lowest BCUT2D eigenvalue weighted by atomic mass is 10.1. The van der Waals surface area contributed by atoms with Gasteiger partial charge in [0.25, 0.3) is 0 Å². The van der Waals surface area contributed by atoms with Crippen molar-refractivity contribution >= 4 is 16.9 Å². The number of aryl methyl sites for hydroxylation is 1. The summed E-state index contributed by atoms with van der Waals surface area (Å²) in [7, 11) is 0. The number of hydrogen-bond donors (Lipinski definition) is 1. The lowest BCUT2D eigenvalue weighted by molar-refractivity contribution is -0.139. The zero-order valence-electron chi connectivity index (χ0n) is 20.1. The van der Waals surface area contributed by atoms with Crippen LogP contribution >= 0.6 is 0 Å². The molecule has 36 heavy (non-hydrogen) atoms. The van der Waals surface area contributed by atoms with Gasteiger partial charge in [0, 0.05) is 17.4 Å². The van der Waals surface area contributed by atoms with Crippen LogP contribution in [-0.4, -0.2) is 22.2 Å². The van der Waals surface area contributed by atoms with Gasteiger partial charge in [-0.2, -0.15) is 0 Å². The SMILES string of the molecule is Cc1c(-c2ccccc2)n(Cc2ccc(OCC(=O)O)cc2)c2ccc(OCc3ccccc3)cc12. The molecule has 5 nitrogen and oxygen atoms in total. The minimum Gasteiger partial charge on any atom is -0.489 e. The minimum atomic E-state index is -0.993. The smallest absolute Gasteiger partial charge is 0.341 e. The van der Waals surface area contributed by atoms with E-state index in [1.165, 1.54) is 5.56 Å². The molecule has 0 saturated heterocycles. The summed E-state index contributed by atoms with van der Waals surface area (Å²) in [4.78, 5) is 10.8. The summed E-state index contributed by atoms with van der Waals surface area (Å²) in [5.74, 6) is 0.386. The molecule has 1 N–H and O–H groups in total. The third-order valence-electron chi connectivity index (χ3n) is 6.21. The maximum atomic E-state index is 10.8. The molecule has 0 aliphatic rings. The van der Waals surface area contributed by atoms with Gasteiger partial charge in [-0.15, -0.1) is 0 Å². The summed E-state index contributed by atoms with van der Waals surface area (Å²) in [5, 5.41) is 9.99. The van der Waals surface area contributed by atoms with Crippen LogP contribution in [0.2, 0.25) is 0 Å². The van der Waals surface area contributed by atoms with Crippen LogP contribution in [0.1, 0.15) is 16.7 Å². The van der Waals surface area contributed by atoms with E-state index in [2.05, 4.69) is 60.0 Å². The molecule has 5 rings (SSSR count). The van der Waals surface area contributed by atoms with Gasteiger partial charge >= 0.3 is 5.97 Å². The van der Waals surface area contributed by atoms with Gasteiger partial charge in [-0.1, -0.05) is 72.8 Å². The number of carboxylic acid groups (broad SMARTS) is 1. The lowest BCUT2D eigenvalue weighted by Gasteiger charge is -2.13. The lowest BCUT2D eigenvalue weighted by Crippen LogP contribution is -2.09. The molecule has 0 saturated carbocycles. The normalized spacial score (nSPS) is 10.9. The minimum absolute atomic E-state index is 0.354. The molecule has 1 aromatic heterocycles. The van der Waals surface area contributed by atoms with Crippen molar-refractivity contribution in [1.82, 2.24) is 4.57 Å². The first kappa shape index (κ1) is 23.2. The second-order valence-corrected chi connectivity index (χ2v) is 8.71. The Morgan fingerprint density at radius 1 is 0.778 bits per heavy atom. The predicted octanol–water partition coefficient (Wildman–Crippen LogP) is 6.71. The van der Waals surface area contributed by atoms with Crippen molar-refractivity contribution in [3.8, 4) is 22.8 Å². The molecule has 0 fully saturated rings. The van der Waals surface area contributed by atoms with E-state index in [0.29, 0.717) is 18.9 Å². The number of hydrogen-bond acceptors (Lipinski definition) is 3. The fourth-order valence-electron chi connectivity index (χ4n) is 4.48. The van der Waals surface area contributed by atoms with Crippen molar-refractivity contribution in [3.05, 3.63) is 120 Å². The van der Waals surface area contributed by atoms with Crippen molar-refractivity contribution < 1.29 is 19.4 Å².